The molecule has 3 aromatic rings. The number of aromatic nitrogens is 1. The van der Waals surface area contributed by atoms with Gasteiger partial charge >= 0.3 is 0 Å². The molecular formula is C15H12ClN2S-. The molecule has 2 N–H and O–H groups in total. The number of hydrogen-bond acceptors (Lipinski definition) is 3. The van der Waals surface area contributed by atoms with Crippen molar-refractivity contribution in [1.29, 1.82) is 0 Å². The van der Waals surface area contributed by atoms with Crippen molar-refractivity contribution >= 4 is 16.5 Å². The van der Waals surface area contributed by atoms with Crippen LogP contribution < -0.4 is 18.1 Å². The van der Waals surface area contributed by atoms with Crippen LogP contribution in [0.25, 0.3) is 21.7 Å². The predicted molar refractivity (Wildman–Crippen MR) is 77.4 cm³/mol. The van der Waals surface area contributed by atoms with Crippen molar-refractivity contribution in [3.63, 3.8) is 0 Å². The summed E-state index contributed by atoms with van der Waals surface area (Å²) >= 11 is 1.53. The smallest absolute Gasteiger partial charge is 0.181 e. The minimum atomic E-state index is 0. The van der Waals surface area contributed by atoms with Gasteiger partial charge in [0.25, 0.3) is 0 Å². The summed E-state index contributed by atoms with van der Waals surface area (Å²) in [5.41, 5.74) is 9.08. The Hall–Kier alpha value is -1.84. The summed E-state index contributed by atoms with van der Waals surface area (Å²) in [5.74, 6) is 0. The second kappa shape index (κ2) is 5.87. The minimum Gasteiger partial charge on any atom is -1.00 e. The number of halogens is 1. The van der Waals surface area contributed by atoms with Gasteiger partial charge in [0, 0.05) is 5.56 Å². The van der Waals surface area contributed by atoms with E-state index in [0.717, 1.165) is 21.7 Å². The monoisotopic (exact) mass is 287 g/mol. The molecule has 1 heterocycles. The lowest BCUT2D eigenvalue weighted by Crippen LogP contribution is -3.00. The number of anilines is 1. The summed E-state index contributed by atoms with van der Waals surface area (Å²) in [6.07, 6.45) is 0. The van der Waals surface area contributed by atoms with Crippen molar-refractivity contribution in [2.75, 3.05) is 5.73 Å². The van der Waals surface area contributed by atoms with Crippen molar-refractivity contribution in [2.24, 2.45) is 0 Å². The van der Waals surface area contributed by atoms with Crippen molar-refractivity contribution in [1.82, 2.24) is 4.98 Å². The fourth-order valence-corrected chi connectivity index (χ4v) is 2.77. The molecule has 0 saturated heterocycles. The van der Waals surface area contributed by atoms with Crippen molar-refractivity contribution in [3.05, 3.63) is 60.7 Å². The lowest BCUT2D eigenvalue weighted by Gasteiger charge is -2.02. The Balaban J connectivity index is 0.00000133. The molecule has 0 fully saturated rings. The van der Waals surface area contributed by atoms with Crippen LogP contribution >= 0.6 is 11.3 Å². The Labute approximate surface area is 122 Å². The van der Waals surface area contributed by atoms with Crippen LogP contribution in [0.15, 0.2) is 60.7 Å². The Morgan fingerprint density at radius 2 is 1.32 bits per heavy atom. The maximum atomic E-state index is 5.86. The van der Waals surface area contributed by atoms with Crippen molar-refractivity contribution in [2.45, 2.75) is 0 Å². The standard InChI is InChI=1S/C15H12N2S.ClH/c16-15-17-13(11-7-3-1-4-8-11)14(18-15)12-9-5-2-6-10-12;/h1-10H,(H2,16,17);1H/p-1. The maximum absolute atomic E-state index is 5.86. The van der Waals surface area contributed by atoms with Gasteiger partial charge in [-0.3, -0.25) is 0 Å². The molecule has 0 bridgehead atoms. The topological polar surface area (TPSA) is 38.9 Å². The van der Waals surface area contributed by atoms with Gasteiger partial charge in [-0.25, -0.2) is 4.98 Å². The molecule has 3 rings (SSSR count). The molecule has 1 aromatic heterocycles. The molecule has 96 valence electrons. The lowest BCUT2D eigenvalue weighted by molar-refractivity contribution is -0.00000350. The van der Waals surface area contributed by atoms with Gasteiger partial charge in [-0.05, 0) is 5.56 Å². The van der Waals surface area contributed by atoms with Gasteiger partial charge in [0.2, 0.25) is 0 Å². The SMILES string of the molecule is Nc1nc(-c2ccccc2)c(-c2ccccc2)s1.[Cl-]. The molecule has 4 heteroatoms. The summed E-state index contributed by atoms with van der Waals surface area (Å²) in [7, 11) is 0. The molecule has 0 unspecified atom stereocenters. The first-order chi connectivity index (χ1) is 8.84. The summed E-state index contributed by atoms with van der Waals surface area (Å²) in [4.78, 5) is 5.58. The van der Waals surface area contributed by atoms with E-state index in [9.17, 15) is 0 Å². The van der Waals surface area contributed by atoms with Crippen LogP contribution in [0.3, 0.4) is 0 Å². The van der Waals surface area contributed by atoms with E-state index < -0.39 is 0 Å². The van der Waals surface area contributed by atoms with Crippen molar-refractivity contribution < 1.29 is 12.4 Å². The third kappa shape index (κ3) is 2.78. The van der Waals surface area contributed by atoms with Crippen LogP contribution in [0.2, 0.25) is 0 Å². The van der Waals surface area contributed by atoms with Crippen LogP contribution in [-0.4, -0.2) is 4.98 Å². The summed E-state index contributed by atoms with van der Waals surface area (Å²) in [5, 5.41) is 0.604. The minimum absolute atomic E-state index is 0. The Morgan fingerprint density at radius 3 is 1.89 bits per heavy atom. The van der Waals surface area contributed by atoms with Crippen molar-refractivity contribution in [3.8, 4) is 21.7 Å². The highest BCUT2D eigenvalue weighted by atomic mass is 35.5. The largest absolute Gasteiger partial charge is 1.00 e. The Kier molecular flexibility index (Phi) is 4.20. The zero-order chi connectivity index (χ0) is 12.4. The fraction of sp³-hybridized carbons (Fsp3) is 0. The van der Waals surface area contributed by atoms with E-state index >= 15 is 0 Å². The average Bonchev–Trinajstić information content (AvgIpc) is 2.83. The fourth-order valence-electron chi connectivity index (χ4n) is 1.91. The van der Waals surface area contributed by atoms with Crippen LogP contribution in [0.4, 0.5) is 5.13 Å². The molecule has 19 heavy (non-hydrogen) atoms. The van der Waals surface area contributed by atoms with Crippen LogP contribution in [0.5, 0.6) is 0 Å². The van der Waals surface area contributed by atoms with Gasteiger partial charge < -0.3 is 18.1 Å². The number of hydrogen-bond donors (Lipinski definition) is 1. The third-order valence-electron chi connectivity index (χ3n) is 2.73. The number of rotatable bonds is 2. The molecule has 0 aliphatic rings. The second-order valence-electron chi connectivity index (χ2n) is 3.96. The van der Waals surface area contributed by atoms with Gasteiger partial charge in [-0.1, -0.05) is 72.0 Å². The van der Waals surface area contributed by atoms with Gasteiger partial charge in [0.1, 0.15) is 0 Å². The molecule has 2 nitrogen and oxygen atoms in total. The number of thiazole rings is 1. The molecule has 0 aliphatic carbocycles. The zero-order valence-electron chi connectivity index (χ0n) is 10.1. The summed E-state index contributed by atoms with van der Waals surface area (Å²) in [6, 6.07) is 20.4. The van der Waals surface area contributed by atoms with Gasteiger partial charge in [-0.15, -0.1) is 0 Å². The van der Waals surface area contributed by atoms with Gasteiger partial charge in [0.15, 0.2) is 5.13 Å². The maximum Gasteiger partial charge on any atom is 0.181 e. The quantitative estimate of drug-likeness (QED) is 0.766. The normalized spacial score (nSPS) is 9.89. The number of nitrogens with two attached hydrogens (primary N) is 1. The predicted octanol–water partition coefficient (Wildman–Crippen LogP) is 1.06. The molecule has 0 spiro atoms. The molecule has 0 amide bonds. The number of benzene rings is 2. The van der Waals surface area contributed by atoms with E-state index in [1.165, 1.54) is 11.3 Å². The summed E-state index contributed by atoms with van der Waals surface area (Å²) < 4.78 is 0. The lowest BCUT2D eigenvalue weighted by atomic mass is 10.1. The van der Waals surface area contributed by atoms with E-state index in [-0.39, 0.29) is 12.4 Å². The highest BCUT2D eigenvalue weighted by Crippen LogP contribution is 2.37. The first-order valence-corrected chi connectivity index (χ1v) is 6.53. The first kappa shape index (κ1) is 13.6. The van der Waals surface area contributed by atoms with E-state index in [2.05, 4.69) is 29.2 Å². The third-order valence-corrected chi connectivity index (χ3v) is 3.66. The van der Waals surface area contributed by atoms with E-state index in [0.29, 0.717) is 5.13 Å². The van der Waals surface area contributed by atoms with E-state index in [1.54, 1.807) is 0 Å². The highest BCUT2D eigenvalue weighted by molar-refractivity contribution is 7.19. The van der Waals surface area contributed by atoms with Crippen LogP contribution in [-0.2, 0) is 0 Å². The molecule has 2 aromatic carbocycles. The Bertz CT molecular complexity index is 593. The molecular weight excluding hydrogens is 276 g/mol. The van der Waals surface area contributed by atoms with Gasteiger partial charge in [-0.2, -0.15) is 0 Å². The van der Waals surface area contributed by atoms with Gasteiger partial charge in [0.05, 0.1) is 10.6 Å². The van der Waals surface area contributed by atoms with E-state index in [4.69, 9.17) is 5.73 Å². The molecule has 0 atom stereocenters. The molecule has 0 saturated carbocycles. The number of nitrogen functional groups attached to an aromatic ring is 1. The second-order valence-corrected chi connectivity index (χ2v) is 4.99. The zero-order valence-corrected chi connectivity index (χ0v) is 11.7. The van der Waals surface area contributed by atoms with E-state index in [1.807, 2.05) is 36.4 Å². The van der Waals surface area contributed by atoms with Crippen LogP contribution in [0, 0.1) is 0 Å². The first-order valence-electron chi connectivity index (χ1n) is 5.72. The molecule has 0 aliphatic heterocycles. The molecule has 0 radical (unpaired) electrons. The summed E-state index contributed by atoms with van der Waals surface area (Å²) in [6.45, 7) is 0. The number of nitrogens with zero attached hydrogens (tertiary/aromatic N) is 1. The highest BCUT2D eigenvalue weighted by Gasteiger charge is 2.12. The Morgan fingerprint density at radius 1 is 0.789 bits per heavy atom. The average molecular weight is 288 g/mol. The van der Waals surface area contributed by atoms with Crippen LogP contribution in [0.1, 0.15) is 0 Å².